The molecule has 11 rings (SSSR count). The van der Waals surface area contributed by atoms with E-state index in [1.807, 2.05) is 91.9 Å². The van der Waals surface area contributed by atoms with E-state index in [1.54, 1.807) is 0 Å². The lowest BCUT2D eigenvalue weighted by molar-refractivity contribution is 1.16. The number of aryl methyl sites for hydroxylation is 1. The normalized spacial score (nSPS) is 11.1. The number of nitrogens with zero attached hydrogens (tertiary/aromatic N) is 6. The maximum absolute atomic E-state index is 10.5. The molecule has 0 saturated carbocycles. The van der Waals surface area contributed by atoms with Crippen molar-refractivity contribution >= 4 is 43.6 Å². The van der Waals surface area contributed by atoms with E-state index >= 15 is 0 Å². The van der Waals surface area contributed by atoms with Crippen molar-refractivity contribution in [3.05, 3.63) is 216 Å². The van der Waals surface area contributed by atoms with Gasteiger partial charge in [0.15, 0.2) is 0 Å². The summed E-state index contributed by atoms with van der Waals surface area (Å²) in [5.41, 5.74) is 17.0. The first-order valence-electron chi connectivity index (χ1n) is 21.2. The molecule has 2 heterocycles. The molecule has 0 fully saturated rings. The minimum Gasteiger partial charge on any atom is -0.309 e. The van der Waals surface area contributed by atoms with E-state index < -0.39 is 0 Å². The molecule has 0 atom stereocenters. The first-order chi connectivity index (χ1) is 31.9. The Morgan fingerprint density at radius 1 is 0.308 bits per heavy atom. The maximum Gasteiger partial charge on any atom is 0.0992 e. The molecular weight excluding hydrogens is 793 g/mol. The van der Waals surface area contributed by atoms with Gasteiger partial charge in [-0.15, -0.1) is 0 Å². The summed E-state index contributed by atoms with van der Waals surface area (Å²) in [7, 11) is 0. The predicted octanol–water partition coefficient (Wildman–Crippen LogP) is 14.3. The molecule has 0 amide bonds. The van der Waals surface area contributed by atoms with Crippen molar-refractivity contribution in [2.45, 2.75) is 6.92 Å². The number of rotatable bonds is 6. The highest BCUT2D eigenvalue weighted by molar-refractivity contribution is 6.13. The minimum absolute atomic E-state index is 0.533. The molecule has 0 bridgehead atoms. The zero-order valence-electron chi connectivity index (χ0n) is 35.1. The third-order valence-corrected chi connectivity index (χ3v) is 12.6. The largest absolute Gasteiger partial charge is 0.309 e. The van der Waals surface area contributed by atoms with Gasteiger partial charge in [-0.25, -0.2) is 0 Å². The van der Waals surface area contributed by atoms with Crippen LogP contribution >= 0.6 is 0 Å². The molecule has 6 heteroatoms. The Morgan fingerprint density at radius 3 is 1.32 bits per heavy atom. The van der Waals surface area contributed by atoms with Gasteiger partial charge in [0.1, 0.15) is 0 Å². The average molecular weight is 827 g/mol. The van der Waals surface area contributed by atoms with Crippen LogP contribution in [-0.4, -0.2) is 9.13 Å². The second kappa shape index (κ2) is 15.5. The summed E-state index contributed by atoms with van der Waals surface area (Å²) in [4.78, 5) is 0. The van der Waals surface area contributed by atoms with Crippen LogP contribution in [0.5, 0.6) is 0 Å². The van der Waals surface area contributed by atoms with Crippen LogP contribution in [0.2, 0.25) is 0 Å². The van der Waals surface area contributed by atoms with Gasteiger partial charge in [0.25, 0.3) is 0 Å². The molecule has 0 aliphatic rings. The Balaban J connectivity index is 1.21. The van der Waals surface area contributed by atoms with Crippen molar-refractivity contribution in [3.8, 4) is 80.2 Å². The summed E-state index contributed by atoms with van der Waals surface area (Å²) in [5, 5.41) is 43.9. The third-order valence-electron chi connectivity index (χ3n) is 12.6. The molecule has 9 aromatic carbocycles. The van der Waals surface area contributed by atoms with Crippen LogP contribution < -0.4 is 0 Å². The van der Waals surface area contributed by atoms with Crippen molar-refractivity contribution < 1.29 is 0 Å². The van der Waals surface area contributed by atoms with E-state index in [9.17, 15) is 21.0 Å². The van der Waals surface area contributed by atoms with E-state index in [0.29, 0.717) is 22.3 Å². The molecule has 65 heavy (non-hydrogen) atoms. The summed E-state index contributed by atoms with van der Waals surface area (Å²) in [6, 6.07) is 72.8. The molecule has 0 unspecified atom stereocenters. The number of hydrogen-bond acceptors (Lipinski definition) is 4. The summed E-state index contributed by atoms with van der Waals surface area (Å²) in [6.45, 7) is 2.04. The fourth-order valence-corrected chi connectivity index (χ4v) is 9.55. The van der Waals surface area contributed by atoms with Crippen LogP contribution in [0.25, 0.3) is 99.5 Å². The highest BCUT2D eigenvalue weighted by atomic mass is 15.0. The Hall–Kier alpha value is -9.46. The van der Waals surface area contributed by atoms with Crippen molar-refractivity contribution in [2.24, 2.45) is 0 Å². The Morgan fingerprint density at radius 2 is 0.769 bits per heavy atom. The molecular formula is C59H34N6. The van der Waals surface area contributed by atoms with Crippen LogP contribution in [0.3, 0.4) is 0 Å². The summed E-state index contributed by atoms with van der Waals surface area (Å²) < 4.78 is 4.60. The van der Waals surface area contributed by atoms with Crippen molar-refractivity contribution in [1.29, 1.82) is 21.0 Å². The lowest BCUT2D eigenvalue weighted by Gasteiger charge is -2.20. The lowest BCUT2D eigenvalue weighted by atomic mass is 9.92. The zero-order valence-corrected chi connectivity index (χ0v) is 35.1. The van der Waals surface area contributed by atoms with E-state index in [4.69, 9.17) is 0 Å². The number of fused-ring (bicyclic) bond motifs is 6. The SMILES string of the molecule is Cc1cc(C#N)ccc1-c1ccc(-n2c3ccccc3c3cc(-c4cccc(C#N)c4)ccc32)c(-c2ccc(C#N)cc2-n2c3ccccc3c3cc(-c4cccc(C#N)c4)ccc32)c1. The molecule has 300 valence electrons. The van der Waals surface area contributed by atoms with E-state index in [1.165, 1.54) is 0 Å². The van der Waals surface area contributed by atoms with Crippen LogP contribution in [0, 0.1) is 52.2 Å². The molecule has 6 nitrogen and oxygen atoms in total. The van der Waals surface area contributed by atoms with Crippen LogP contribution in [0.1, 0.15) is 27.8 Å². The van der Waals surface area contributed by atoms with Crippen molar-refractivity contribution in [1.82, 2.24) is 9.13 Å². The number of nitriles is 4. The van der Waals surface area contributed by atoms with E-state index in [-0.39, 0.29) is 0 Å². The van der Waals surface area contributed by atoms with E-state index in [0.717, 1.165) is 105 Å². The monoisotopic (exact) mass is 826 g/mol. The van der Waals surface area contributed by atoms with Crippen molar-refractivity contribution in [2.75, 3.05) is 0 Å². The highest BCUT2D eigenvalue weighted by Gasteiger charge is 2.23. The smallest absolute Gasteiger partial charge is 0.0992 e. The highest BCUT2D eigenvalue weighted by Crippen LogP contribution is 2.44. The van der Waals surface area contributed by atoms with Gasteiger partial charge >= 0.3 is 0 Å². The standard InChI is InChI=1S/C59H34N6/c1-37-26-40(35-62)16-21-47(37)46-20-25-57(64-54-14-4-2-12-48(54)51-30-44(18-23-56(51)64)42-10-6-8-38(27-42)33-60)53(32-46)50-22-17-41(36-63)29-59(50)65-55-15-5-3-13-49(55)52-31-45(19-24-58(52)65)43-11-7-9-39(28-43)34-61/h2-32H,1H3. The lowest BCUT2D eigenvalue weighted by Crippen LogP contribution is -2.03. The zero-order chi connectivity index (χ0) is 44.2. The molecule has 0 radical (unpaired) electrons. The second-order valence-corrected chi connectivity index (χ2v) is 16.3. The Bertz CT molecular complexity index is 3970. The summed E-state index contributed by atoms with van der Waals surface area (Å²) in [5.74, 6) is 0. The van der Waals surface area contributed by atoms with Gasteiger partial charge in [-0.2, -0.15) is 21.0 Å². The summed E-state index contributed by atoms with van der Waals surface area (Å²) >= 11 is 0. The fourth-order valence-electron chi connectivity index (χ4n) is 9.55. The van der Waals surface area contributed by atoms with E-state index in [2.05, 4.69) is 137 Å². The van der Waals surface area contributed by atoms with Gasteiger partial charge in [-0.3, -0.25) is 0 Å². The molecule has 0 aliphatic carbocycles. The predicted molar refractivity (Wildman–Crippen MR) is 260 cm³/mol. The first-order valence-corrected chi connectivity index (χ1v) is 21.2. The molecule has 0 saturated heterocycles. The fraction of sp³-hybridized carbons (Fsp3) is 0.0169. The molecule has 11 aromatic rings. The quantitative estimate of drug-likeness (QED) is 0.166. The van der Waals surface area contributed by atoms with Gasteiger partial charge in [0.05, 0.1) is 80.0 Å². The third kappa shape index (κ3) is 6.39. The summed E-state index contributed by atoms with van der Waals surface area (Å²) in [6.07, 6.45) is 0. The van der Waals surface area contributed by atoms with Gasteiger partial charge in [-0.05, 0) is 143 Å². The van der Waals surface area contributed by atoms with Gasteiger partial charge in [0, 0.05) is 32.7 Å². The van der Waals surface area contributed by atoms with Crippen LogP contribution in [0.4, 0.5) is 0 Å². The molecule has 0 spiro atoms. The number of hydrogen-bond donors (Lipinski definition) is 0. The number of para-hydroxylation sites is 2. The number of benzene rings is 9. The first kappa shape index (κ1) is 38.5. The Labute approximate surface area is 375 Å². The molecule has 2 aromatic heterocycles. The van der Waals surface area contributed by atoms with Crippen LogP contribution in [0.15, 0.2) is 188 Å². The Kier molecular flexibility index (Phi) is 9.15. The minimum atomic E-state index is 0.533. The number of aromatic nitrogens is 2. The van der Waals surface area contributed by atoms with Gasteiger partial charge < -0.3 is 9.13 Å². The average Bonchev–Trinajstić information content (AvgIpc) is 3.88. The maximum atomic E-state index is 10.5. The van der Waals surface area contributed by atoms with Gasteiger partial charge in [-0.1, -0.05) is 91.0 Å². The molecule has 0 N–H and O–H groups in total. The molecule has 0 aliphatic heterocycles. The van der Waals surface area contributed by atoms with Gasteiger partial charge in [0.2, 0.25) is 0 Å². The van der Waals surface area contributed by atoms with Crippen molar-refractivity contribution in [3.63, 3.8) is 0 Å². The topological polar surface area (TPSA) is 105 Å². The second-order valence-electron chi connectivity index (χ2n) is 16.3. The van der Waals surface area contributed by atoms with Crippen LogP contribution in [-0.2, 0) is 0 Å².